The molecule has 21 heavy (non-hydrogen) atoms. The Morgan fingerprint density at radius 1 is 1.05 bits per heavy atom. The van der Waals surface area contributed by atoms with Crippen LogP contribution in [0, 0.1) is 20.8 Å². The molecular weight excluding hydrogens is 326 g/mol. The second-order valence-corrected chi connectivity index (χ2v) is 6.43. The molecule has 1 amide bonds. The van der Waals surface area contributed by atoms with Gasteiger partial charge >= 0.3 is 0 Å². The highest BCUT2D eigenvalue weighted by molar-refractivity contribution is 9.10. The van der Waals surface area contributed by atoms with Crippen LogP contribution in [0.25, 0.3) is 0 Å². The average molecular weight is 346 g/mol. The van der Waals surface area contributed by atoms with Gasteiger partial charge in [0.25, 0.3) is 5.91 Å². The number of amides is 1. The van der Waals surface area contributed by atoms with Crippen LogP contribution in [0.1, 0.15) is 32.6 Å². The van der Waals surface area contributed by atoms with Crippen molar-refractivity contribution < 1.29 is 4.79 Å². The molecule has 0 bridgehead atoms. The molecule has 2 rings (SSSR count). The Labute approximate surface area is 134 Å². The first-order chi connectivity index (χ1) is 9.88. The normalized spacial score (nSPS) is 10.5. The lowest BCUT2D eigenvalue weighted by molar-refractivity contribution is 0.0784. The van der Waals surface area contributed by atoms with Gasteiger partial charge in [0, 0.05) is 18.1 Å². The van der Waals surface area contributed by atoms with Gasteiger partial charge in [-0.25, -0.2) is 0 Å². The molecular formula is C18H20BrNO. The standard InChI is InChI=1S/C18H20BrNO/c1-12-5-7-15(14(3)9-12)11-20(4)18(21)16-8-6-13(2)10-17(16)19/h5-10H,11H2,1-4H3. The molecule has 2 nitrogen and oxygen atoms in total. The molecule has 0 radical (unpaired) electrons. The van der Waals surface area contributed by atoms with Crippen molar-refractivity contribution in [3.63, 3.8) is 0 Å². The zero-order chi connectivity index (χ0) is 15.6. The summed E-state index contributed by atoms with van der Waals surface area (Å²) in [5, 5.41) is 0. The molecule has 0 spiro atoms. The van der Waals surface area contributed by atoms with Crippen molar-refractivity contribution in [1.82, 2.24) is 4.90 Å². The number of hydrogen-bond acceptors (Lipinski definition) is 1. The highest BCUT2D eigenvalue weighted by Gasteiger charge is 2.15. The third-order valence-electron chi connectivity index (χ3n) is 3.61. The van der Waals surface area contributed by atoms with Crippen molar-refractivity contribution in [3.8, 4) is 0 Å². The molecule has 0 unspecified atom stereocenters. The number of nitrogens with zero attached hydrogens (tertiary/aromatic N) is 1. The van der Waals surface area contributed by atoms with Gasteiger partial charge in [-0.1, -0.05) is 29.8 Å². The minimum absolute atomic E-state index is 0.0295. The Morgan fingerprint density at radius 3 is 2.29 bits per heavy atom. The summed E-state index contributed by atoms with van der Waals surface area (Å²) in [6, 6.07) is 12.1. The van der Waals surface area contributed by atoms with Crippen LogP contribution < -0.4 is 0 Å². The van der Waals surface area contributed by atoms with Gasteiger partial charge in [0.2, 0.25) is 0 Å². The fourth-order valence-corrected chi connectivity index (χ4v) is 3.01. The van der Waals surface area contributed by atoms with E-state index in [1.807, 2.05) is 32.2 Å². The number of benzene rings is 2. The first-order valence-corrected chi connectivity index (χ1v) is 7.75. The molecule has 0 aliphatic rings. The number of aryl methyl sites for hydroxylation is 3. The fraction of sp³-hybridized carbons (Fsp3) is 0.278. The molecule has 0 fully saturated rings. The SMILES string of the molecule is Cc1ccc(CN(C)C(=O)c2ccc(C)cc2Br)c(C)c1. The smallest absolute Gasteiger partial charge is 0.255 e. The van der Waals surface area contributed by atoms with Crippen molar-refractivity contribution >= 4 is 21.8 Å². The van der Waals surface area contributed by atoms with Gasteiger partial charge in [0.05, 0.1) is 5.56 Å². The van der Waals surface area contributed by atoms with E-state index in [0.29, 0.717) is 12.1 Å². The molecule has 2 aromatic rings. The largest absolute Gasteiger partial charge is 0.337 e. The molecule has 0 aliphatic heterocycles. The number of rotatable bonds is 3. The van der Waals surface area contributed by atoms with Gasteiger partial charge in [0.1, 0.15) is 0 Å². The highest BCUT2D eigenvalue weighted by Crippen LogP contribution is 2.21. The van der Waals surface area contributed by atoms with Crippen molar-refractivity contribution in [2.45, 2.75) is 27.3 Å². The number of halogens is 1. The molecule has 0 saturated carbocycles. The minimum Gasteiger partial charge on any atom is -0.337 e. The van der Waals surface area contributed by atoms with Gasteiger partial charge < -0.3 is 4.90 Å². The minimum atomic E-state index is 0.0295. The van der Waals surface area contributed by atoms with Crippen LogP contribution in [0.4, 0.5) is 0 Å². The maximum atomic E-state index is 12.6. The lowest BCUT2D eigenvalue weighted by Crippen LogP contribution is -2.26. The molecule has 0 heterocycles. The van der Waals surface area contributed by atoms with Crippen molar-refractivity contribution in [1.29, 1.82) is 0 Å². The number of hydrogen-bond donors (Lipinski definition) is 0. The second kappa shape index (κ2) is 6.44. The molecule has 3 heteroatoms. The maximum Gasteiger partial charge on any atom is 0.255 e. The van der Waals surface area contributed by atoms with Crippen molar-refractivity contribution in [2.24, 2.45) is 0 Å². The van der Waals surface area contributed by atoms with Crippen LogP contribution in [0.15, 0.2) is 40.9 Å². The van der Waals surface area contributed by atoms with Crippen molar-refractivity contribution in [2.75, 3.05) is 7.05 Å². The van der Waals surface area contributed by atoms with Crippen LogP contribution in [-0.4, -0.2) is 17.9 Å². The predicted molar refractivity (Wildman–Crippen MR) is 90.6 cm³/mol. The molecule has 2 aromatic carbocycles. The Kier molecular flexibility index (Phi) is 4.84. The summed E-state index contributed by atoms with van der Waals surface area (Å²) in [5.74, 6) is 0.0295. The zero-order valence-corrected chi connectivity index (χ0v) is 14.5. The first kappa shape index (κ1) is 15.8. The molecule has 0 aliphatic carbocycles. The summed E-state index contributed by atoms with van der Waals surface area (Å²) >= 11 is 3.48. The summed E-state index contributed by atoms with van der Waals surface area (Å²) in [7, 11) is 1.84. The van der Waals surface area contributed by atoms with Gasteiger partial charge in [0.15, 0.2) is 0 Å². The first-order valence-electron chi connectivity index (χ1n) is 6.96. The Bertz CT molecular complexity index is 679. The Hall–Kier alpha value is -1.61. The van der Waals surface area contributed by atoms with Crippen LogP contribution >= 0.6 is 15.9 Å². The van der Waals surface area contributed by atoms with E-state index in [2.05, 4.69) is 48.0 Å². The van der Waals surface area contributed by atoms with Gasteiger partial charge in [-0.3, -0.25) is 4.79 Å². The lowest BCUT2D eigenvalue weighted by atomic mass is 10.0. The van der Waals surface area contributed by atoms with Gasteiger partial charge in [-0.15, -0.1) is 0 Å². The zero-order valence-electron chi connectivity index (χ0n) is 12.9. The van der Waals surface area contributed by atoms with Crippen LogP contribution in [-0.2, 0) is 6.54 Å². The molecule has 0 atom stereocenters. The quantitative estimate of drug-likeness (QED) is 0.792. The van der Waals surface area contributed by atoms with E-state index in [9.17, 15) is 4.79 Å². The topological polar surface area (TPSA) is 20.3 Å². The summed E-state index contributed by atoms with van der Waals surface area (Å²) < 4.78 is 0.847. The van der Waals surface area contributed by atoms with E-state index in [4.69, 9.17) is 0 Å². The van der Waals surface area contributed by atoms with Crippen LogP contribution in [0.5, 0.6) is 0 Å². The number of carbonyl (C=O) groups excluding carboxylic acids is 1. The summed E-state index contributed by atoms with van der Waals surface area (Å²) in [5.41, 5.74) is 5.48. The summed E-state index contributed by atoms with van der Waals surface area (Å²) in [4.78, 5) is 14.3. The fourth-order valence-electron chi connectivity index (χ4n) is 2.35. The molecule has 0 aromatic heterocycles. The van der Waals surface area contributed by atoms with Gasteiger partial charge in [-0.2, -0.15) is 0 Å². The highest BCUT2D eigenvalue weighted by atomic mass is 79.9. The summed E-state index contributed by atoms with van der Waals surface area (Å²) in [6.07, 6.45) is 0. The average Bonchev–Trinajstić information content (AvgIpc) is 2.41. The van der Waals surface area contributed by atoms with Gasteiger partial charge in [-0.05, 0) is 65.5 Å². The van der Waals surface area contributed by atoms with Crippen molar-refractivity contribution in [3.05, 3.63) is 68.7 Å². The third kappa shape index (κ3) is 3.73. The Morgan fingerprint density at radius 2 is 1.67 bits per heavy atom. The molecule has 0 N–H and O–H groups in total. The van der Waals surface area contributed by atoms with E-state index in [-0.39, 0.29) is 5.91 Å². The lowest BCUT2D eigenvalue weighted by Gasteiger charge is -2.19. The second-order valence-electron chi connectivity index (χ2n) is 5.57. The van der Waals surface area contributed by atoms with Crippen LogP contribution in [0.3, 0.4) is 0 Å². The predicted octanol–water partition coefficient (Wildman–Crippen LogP) is 4.65. The van der Waals surface area contributed by atoms with E-state index in [1.165, 1.54) is 16.7 Å². The third-order valence-corrected chi connectivity index (χ3v) is 4.26. The molecule has 110 valence electrons. The number of carbonyl (C=O) groups is 1. The monoisotopic (exact) mass is 345 g/mol. The van der Waals surface area contributed by atoms with E-state index >= 15 is 0 Å². The van der Waals surface area contributed by atoms with E-state index in [0.717, 1.165) is 10.0 Å². The molecule has 0 saturated heterocycles. The Balaban J connectivity index is 2.19. The van der Waals surface area contributed by atoms with Crippen LogP contribution in [0.2, 0.25) is 0 Å². The maximum absolute atomic E-state index is 12.6. The summed E-state index contributed by atoms with van der Waals surface area (Å²) in [6.45, 7) is 6.79. The van der Waals surface area contributed by atoms with E-state index in [1.54, 1.807) is 4.90 Å². The van der Waals surface area contributed by atoms with E-state index < -0.39 is 0 Å².